The molecule has 1 rings (SSSR count). The van der Waals surface area contributed by atoms with Crippen molar-refractivity contribution in [1.29, 1.82) is 0 Å². The van der Waals surface area contributed by atoms with Gasteiger partial charge in [0, 0.05) is 6.04 Å². The minimum absolute atomic E-state index is 0.0269. The molecule has 5 heteroatoms. The van der Waals surface area contributed by atoms with Gasteiger partial charge in [-0.05, 0) is 24.6 Å². The molecule has 1 amide bonds. The molecule has 0 aromatic heterocycles. The summed E-state index contributed by atoms with van der Waals surface area (Å²) in [5, 5.41) is 6.03. The highest BCUT2D eigenvalue weighted by Gasteiger charge is 2.12. The van der Waals surface area contributed by atoms with Crippen LogP contribution in [0.5, 0.6) is 11.5 Å². The van der Waals surface area contributed by atoms with Gasteiger partial charge in [-0.25, -0.2) is 0 Å². The lowest BCUT2D eigenvalue weighted by molar-refractivity contribution is -0.121. The molecule has 0 radical (unpaired) electrons. The minimum atomic E-state index is -0.0868. The molecule has 1 atom stereocenters. The number of rotatable bonds is 7. The number of benzene rings is 1. The van der Waals surface area contributed by atoms with E-state index in [1.807, 2.05) is 39.0 Å². The molecule has 112 valence electrons. The first-order chi connectivity index (χ1) is 9.47. The van der Waals surface area contributed by atoms with Crippen LogP contribution in [0.2, 0.25) is 0 Å². The van der Waals surface area contributed by atoms with Crippen LogP contribution in [0.3, 0.4) is 0 Å². The van der Waals surface area contributed by atoms with Gasteiger partial charge < -0.3 is 20.1 Å². The average Bonchev–Trinajstić information content (AvgIpc) is 2.44. The molecule has 0 aliphatic carbocycles. The van der Waals surface area contributed by atoms with Gasteiger partial charge >= 0.3 is 0 Å². The topological polar surface area (TPSA) is 59.6 Å². The van der Waals surface area contributed by atoms with Crippen LogP contribution in [0.1, 0.15) is 32.4 Å². The van der Waals surface area contributed by atoms with Crippen molar-refractivity contribution >= 4 is 5.91 Å². The number of nitrogens with one attached hydrogen (secondary N) is 2. The maximum absolute atomic E-state index is 11.8. The summed E-state index contributed by atoms with van der Waals surface area (Å²) in [5.41, 5.74) is 0.973. The molecule has 0 bridgehead atoms. The quantitative estimate of drug-likeness (QED) is 0.800. The summed E-state index contributed by atoms with van der Waals surface area (Å²) in [6, 6.07) is 5.83. The van der Waals surface area contributed by atoms with Gasteiger partial charge in [0.05, 0.1) is 26.8 Å². The van der Waals surface area contributed by atoms with E-state index in [1.54, 1.807) is 14.2 Å². The van der Waals surface area contributed by atoms with Gasteiger partial charge in [-0.1, -0.05) is 19.9 Å². The molecule has 0 spiro atoms. The number of amides is 1. The van der Waals surface area contributed by atoms with E-state index in [-0.39, 0.29) is 18.0 Å². The highest BCUT2D eigenvalue weighted by molar-refractivity contribution is 5.78. The van der Waals surface area contributed by atoms with Crippen molar-refractivity contribution < 1.29 is 14.3 Å². The lowest BCUT2D eigenvalue weighted by Gasteiger charge is -2.17. The third-order valence-corrected chi connectivity index (χ3v) is 2.96. The summed E-state index contributed by atoms with van der Waals surface area (Å²) in [7, 11) is 3.19. The molecule has 0 heterocycles. The van der Waals surface area contributed by atoms with Crippen molar-refractivity contribution in [3.05, 3.63) is 23.8 Å². The lowest BCUT2D eigenvalue weighted by atomic mass is 10.1. The predicted octanol–water partition coefficient (Wildman–Crippen LogP) is 1.88. The van der Waals surface area contributed by atoms with E-state index in [9.17, 15) is 4.79 Å². The summed E-state index contributed by atoms with van der Waals surface area (Å²) in [6.07, 6.45) is 0. The van der Waals surface area contributed by atoms with E-state index in [4.69, 9.17) is 9.47 Å². The monoisotopic (exact) mass is 280 g/mol. The van der Waals surface area contributed by atoms with E-state index in [1.165, 1.54) is 0 Å². The third kappa shape index (κ3) is 4.74. The Morgan fingerprint density at radius 2 is 1.80 bits per heavy atom. The van der Waals surface area contributed by atoms with Crippen LogP contribution in [-0.4, -0.2) is 32.7 Å². The molecular formula is C15H24N2O3. The molecule has 1 unspecified atom stereocenters. The molecule has 1 aromatic carbocycles. The van der Waals surface area contributed by atoms with E-state index in [0.29, 0.717) is 18.0 Å². The predicted molar refractivity (Wildman–Crippen MR) is 79.2 cm³/mol. The largest absolute Gasteiger partial charge is 0.493 e. The second kappa shape index (κ2) is 7.75. The Bertz CT molecular complexity index is 447. The first-order valence-corrected chi connectivity index (χ1v) is 6.72. The Morgan fingerprint density at radius 3 is 2.35 bits per heavy atom. The fourth-order valence-corrected chi connectivity index (χ4v) is 1.79. The van der Waals surface area contributed by atoms with Crippen LogP contribution in [0.4, 0.5) is 0 Å². The summed E-state index contributed by atoms with van der Waals surface area (Å²) in [5.74, 6) is 1.31. The molecule has 0 aliphatic heterocycles. The molecule has 20 heavy (non-hydrogen) atoms. The number of carbonyl (C=O) groups excluding carboxylic acids is 1. The van der Waals surface area contributed by atoms with E-state index in [2.05, 4.69) is 10.6 Å². The molecule has 0 saturated heterocycles. The highest BCUT2D eigenvalue weighted by Crippen LogP contribution is 2.29. The van der Waals surface area contributed by atoms with Gasteiger partial charge in [-0.2, -0.15) is 0 Å². The SMILES string of the molecule is COc1ccc(C(C)NC(=O)CNC(C)C)cc1OC. The normalized spacial score (nSPS) is 12.1. The van der Waals surface area contributed by atoms with E-state index in [0.717, 1.165) is 5.56 Å². The Hall–Kier alpha value is -1.75. The third-order valence-electron chi connectivity index (χ3n) is 2.96. The van der Waals surface area contributed by atoms with Crippen molar-refractivity contribution in [2.24, 2.45) is 0 Å². The van der Waals surface area contributed by atoms with Crippen molar-refractivity contribution in [3.8, 4) is 11.5 Å². The van der Waals surface area contributed by atoms with Crippen LogP contribution in [-0.2, 0) is 4.79 Å². The summed E-state index contributed by atoms with van der Waals surface area (Å²) in [6.45, 7) is 6.26. The van der Waals surface area contributed by atoms with Crippen molar-refractivity contribution in [1.82, 2.24) is 10.6 Å². The van der Waals surface area contributed by atoms with Crippen LogP contribution >= 0.6 is 0 Å². The fourth-order valence-electron chi connectivity index (χ4n) is 1.79. The van der Waals surface area contributed by atoms with Crippen molar-refractivity contribution in [3.63, 3.8) is 0 Å². The van der Waals surface area contributed by atoms with E-state index < -0.39 is 0 Å². The summed E-state index contributed by atoms with van der Waals surface area (Å²) in [4.78, 5) is 11.8. The Balaban J connectivity index is 2.67. The number of methoxy groups -OCH3 is 2. The number of carbonyl (C=O) groups is 1. The molecule has 0 saturated carbocycles. The smallest absolute Gasteiger partial charge is 0.234 e. The van der Waals surface area contributed by atoms with Gasteiger partial charge in [-0.3, -0.25) is 4.79 Å². The summed E-state index contributed by atoms with van der Waals surface area (Å²) < 4.78 is 10.5. The molecule has 0 aliphatic rings. The van der Waals surface area contributed by atoms with Gasteiger partial charge in [0.2, 0.25) is 5.91 Å². The van der Waals surface area contributed by atoms with Gasteiger partial charge in [-0.15, -0.1) is 0 Å². The van der Waals surface area contributed by atoms with Gasteiger partial charge in [0.1, 0.15) is 0 Å². The fraction of sp³-hybridized carbons (Fsp3) is 0.533. The second-order valence-corrected chi connectivity index (χ2v) is 4.94. The second-order valence-electron chi connectivity index (χ2n) is 4.94. The Kier molecular flexibility index (Phi) is 6.31. The average molecular weight is 280 g/mol. The zero-order valence-corrected chi connectivity index (χ0v) is 12.8. The Morgan fingerprint density at radius 1 is 1.15 bits per heavy atom. The maximum Gasteiger partial charge on any atom is 0.234 e. The highest BCUT2D eigenvalue weighted by atomic mass is 16.5. The van der Waals surface area contributed by atoms with Crippen LogP contribution < -0.4 is 20.1 Å². The van der Waals surface area contributed by atoms with Crippen molar-refractivity contribution in [2.75, 3.05) is 20.8 Å². The molecule has 0 fully saturated rings. The first-order valence-electron chi connectivity index (χ1n) is 6.72. The zero-order chi connectivity index (χ0) is 15.1. The van der Waals surface area contributed by atoms with Crippen LogP contribution in [0, 0.1) is 0 Å². The van der Waals surface area contributed by atoms with Crippen molar-refractivity contribution in [2.45, 2.75) is 32.9 Å². The lowest BCUT2D eigenvalue weighted by Crippen LogP contribution is -2.37. The number of hydrogen-bond donors (Lipinski definition) is 2. The van der Waals surface area contributed by atoms with Crippen LogP contribution in [0.25, 0.3) is 0 Å². The molecule has 5 nitrogen and oxygen atoms in total. The standard InChI is InChI=1S/C15H24N2O3/c1-10(2)16-9-15(18)17-11(3)12-6-7-13(19-4)14(8-12)20-5/h6-8,10-11,16H,9H2,1-5H3,(H,17,18). The Labute approximate surface area is 120 Å². The number of ether oxygens (including phenoxy) is 2. The minimum Gasteiger partial charge on any atom is -0.493 e. The van der Waals surface area contributed by atoms with E-state index >= 15 is 0 Å². The molecular weight excluding hydrogens is 256 g/mol. The first kappa shape index (κ1) is 16.3. The zero-order valence-electron chi connectivity index (χ0n) is 12.8. The van der Waals surface area contributed by atoms with Crippen LogP contribution in [0.15, 0.2) is 18.2 Å². The number of hydrogen-bond acceptors (Lipinski definition) is 4. The van der Waals surface area contributed by atoms with Gasteiger partial charge in [0.25, 0.3) is 0 Å². The molecule has 2 N–H and O–H groups in total. The maximum atomic E-state index is 11.8. The summed E-state index contributed by atoms with van der Waals surface area (Å²) >= 11 is 0. The molecule has 1 aromatic rings. The van der Waals surface area contributed by atoms with Gasteiger partial charge in [0.15, 0.2) is 11.5 Å².